The van der Waals surface area contributed by atoms with E-state index in [-0.39, 0.29) is 12.5 Å². The number of carbonyl (C=O) groups excluding carboxylic acids is 1. The fraction of sp³-hybridized carbons (Fsp3) is 0.133. The van der Waals surface area contributed by atoms with E-state index in [9.17, 15) is 4.79 Å². The summed E-state index contributed by atoms with van der Waals surface area (Å²) in [4.78, 5) is 11.2. The monoisotopic (exact) mass is 254 g/mol. The SMILES string of the molecule is CNc1ccc(-c2ccc3c(c2)OCC(=O)N3)cc1. The molecule has 0 aromatic heterocycles. The van der Waals surface area contributed by atoms with E-state index in [1.165, 1.54) is 0 Å². The largest absolute Gasteiger partial charge is 0.482 e. The van der Waals surface area contributed by atoms with E-state index in [0.29, 0.717) is 0 Å². The third kappa shape index (κ3) is 2.25. The van der Waals surface area contributed by atoms with Crippen molar-refractivity contribution in [3.8, 4) is 16.9 Å². The summed E-state index contributed by atoms with van der Waals surface area (Å²) in [6.45, 7) is 0.0785. The van der Waals surface area contributed by atoms with E-state index in [1.54, 1.807) is 0 Å². The Morgan fingerprint density at radius 1 is 1.11 bits per heavy atom. The zero-order valence-electron chi connectivity index (χ0n) is 10.6. The second-order valence-corrected chi connectivity index (χ2v) is 4.38. The summed E-state index contributed by atoms with van der Waals surface area (Å²) in [5.74, 6) is 0.605. The van der Waals surface area contributed by atoms with Crippen molar-refractivity contribution in [2.45, 2.75) is 0 Å². The fourth-order valence-corrected chi connectivity index (χ4v) is 2.08. The molecule has 2 aromatic rings. The molecule has 1 aliphatic rings. The van der Waals surface area contributed by atoms with Crippen molar-refractivity contribution in [1.29, 1.82) is 0 Å². The minimum atomic E-state index is -0.112. The van der Waals surface area contributed by atoms with E-state index in [2.05, 4.69) is 22.8 Å². The molecule has 0 saturated carbocycles. The third-order valence-electron chi connectivity index (χ3n) is 3.12. The average Bonchev–Trinajstić information content (AvgIpc) is 2.47. The first-order valence-electron chi connectivity index (χ1n) is 6.11. The summed E-state index contributed by atoms with van der Waals surface area (Å²) in [5.41, 5.74) is 3.98. The van der Waals surface area contributed by atoms with Crippen LogP contribution in [0.3, 0.4) is 0 Å². The number of rotatable bonds is 2. The van der Waals surface area contributed by atoms with Gasteiger partial charge < -0.3 is 15.4 Å². The summed E-state index contributed by atoms with van der Waals surface area (Å²) < 4.78 is 5.42. The topological polar surface area (TPSA) is 50.4 Å². The van der Waals surface area contributed by atoms with Gasteiger partial charge in [0.15, 0.2) is 6.61 Å². The van der Waals surface area contributed by atoms with Crippen LogP contribution in [0.1, 0.15) is 0 Å². The van der Waals surface area contributed by atoms with E-state index >= 15 is 0 Å². The van der Waals surface area contributed by atoms with Crippen molar-refractivity contribution in [2.75, 3.05) is 24.3 Å². The Morgan fingerprint density at radius 2 is 1.84 bits per heavy atom. The number of fused-ring (bicyclic) bond motifs is 1. The van der Waals surface area contributed by atoms with Gasteiger partial charge in [0.2, 0.25) is 0 Å². The van der Waals surface area contributed by atoms with E-state index in [1.807, 2.05) is 37.4 Å². The summed E-state index contributed by atoms with van der Waals surface area (Å²) in [7, 11) is 1.89. The Labute approximate surface area is 111 Å². The summed E-state index contributed by atoms with van der Waals surface area (Å²) >= 11 is 0. The number of benzene rings is 2. The van der Waals surface area contributed by atoms with Gasteiger partial charge in [0.25, 0.3) is 5.91 Å². The zero-order valence-corrected chi connectivity index (χ0v) is 10.6. The number of amides is 1. The molecule has 4 nitrogen and oxygen atoms in total. The summed E-state index contributed by atoms with van der Waals surface area (Å²) in [6.07, 6.45) is 0. The van der Waals surface area contributed by atoms with Gasteiger partial charge in [-0.1, -0.05) is 18.2 Å². The van der Waals surface area contributed by atoms with Gasteiger partial charge in [-0.15, -0.1) is 0 Å². The minimum absolute atomic E-state index is 0.0785. The lowest BCUT2D eigenvalue weighted by molar-refractivity contribution is -0.118. The van der Waals surface area contributed by atoms with Crippen LogP contribution in [0.25, 0.3) is 11.1 Å². The number of hydrogen-bond donors (Lipinski definition) is 2. The second-order valence-electron chi connectivity index (χ2n) is 4.38. The molecule has 0 unspecified atom stereocenters. The van der Waals surface area contributed by atoms with Crippen LogP contribution in [0.4, 0.5) is 11.4 Å². The molecular weight excluding hydrogens is 240 g/mol. The molecule has 1 aliphatic heterocycles. The van der Waals surface area contributed by atoms with E-state index < -0.39 is 0 Å². The molecule has 96 valence electrons. The highest BCUT2D eigenvalue weighted by Gasteiger charge is 2.16. The highest BCUT2D eigenvalue weighted by molar-refractivity contribution is 5.95. The highest BCUT2D eigenvalue weighted by atomic mass is 16.5. The molecule has 0 aliphatic carbocycles. The Morgan fingerprint density at radius 3 is 2.58 bits per heavy atom. The maximum atomic E-state index is 11.2. The zero-order chi connectivity index (χ0) is 13.2. The molecular formula is C15H14N2O2. The van der Waals surface area contributed by atoms with Gasteiger partial charge in [-0.25, -0.2) is 0 Å². The summed E-state index contributed by atoms with van der Waals surface area (Å²) in [6, 6.07) is 13.9. The Bertz CT molecular complexity index is 621. The van der Waals surface area contributed by atoms with Crippen molar-refractivity contribution in [3.05, 3.63) is 42.5 Å². The van der Waals surface area contributed by atoms with Crippen LogP contribution in [0.2, 0.25) is 0 Å². The van der Waals surface area contributed by atoms with Gasteiger partial charge in [0.05, 0.1) is 5.69 Å². The highest BCUT2D eigenvalue weighted by Crippen LogP contribution is 2.33. The normalized spacial score (nSPS) is 13.2. The Kier molecular flexibility index (Phi) is 2.83. The van der Waals surface area contributed by atoms with Gasteiger partial charge in [-0.2, -0.15) is 0 Å². The lowest BCUT2D eigenvalue weighted by Crippen LogP contribution is -2.25. The lowest BCUT2D eigenvalue weighted by atomic mass is 10.0. The number of nitrogens with one attached hydrogen (secondary N) is 2. The van der Waals surface area contributed by atoms with Crippen molar-refractivity contribution in [2.24, 2.45) is 0 Å². The predicted octanol–water partition coefficient (Wildman–Crippen LogP) is 2.73. The standard InChI is InChI=1S/C15H14N2O2/c1-16-12-5-2-10(3-6-12)11-4-7-13-14(8-11)19-9-15(18)17-13/h2-8,16H,9H2,1H3,(H,17,18). The molecule has 0 radical (unpaired) electrons. The van der Waals surface area contributed by atoms with E-state index in [0.717, 1.165) is 28.3 Å². The third-order valence-corrected chi connectivity index (χ3v) is 3.12. The summed E-state index contributed by atoms with van der Waals surface area (Å²) in [5, 5.41) is 5.87. The van der Waals surface area contributed by atoms with Crippen LogP contribution in [0.5, 0.6) is 5.75 Å². The van der Waals surface area contributed by atoms with Crippen LogP contribution in [-0.4, -0.2) is 19.6 Å². The van der Waals surface area contributed by atoms with Crippen LogP contribution < -0.4 is 15.4 Å². The predicted molar refractivity (Wildman–Crippen MR) is 75.5 cm³/mol. The first-order chi connectivity index (χ1) is 9.26. The molecule has 2 aromatic carbocycles. The number of ether oxygens (including phenoxy) is 1. The maximum Gasteiger partial charge on any atom is 0.262 e. The molecule has 4 heteroatoms. The van der Waals surface area contributed by atoms with E-state index in [4.69, 9.17) is 4.74 Å². The lowest BCUT2D eigenvalue weighted by Gasteiger charge is -2.18. The van der Waals surface area contributed by atoms with Gasteiger partial charge in [0.1, 0.15) is 5.75 Å². The fourth-order valence-electron chi connectivity index (χ4n) is 2.08. The molecule has 2 N–H and O–H groups in total. The molecule has 0 saturated heterocycles. The van der Waals surface area contributed by atoms with Crippen molar-refractivity contribution >= 4 is 17.3 Å². The average molecular weight is 254 g/mol. The molecule has 0 bridgehead atoms. The van der Waals surface area contributed by atoms with Crippen LogP contribution >= 0.6 is 0 Å². The molecule has 3 rings (SSSR count). The molecule has 1 heterocycles. The number of anilines is 2. The molecule has 0 spiro atoms. The second kappa shape index (κ2) is 4.65. The minimum Gasteiger partial charge on any atom is -0.482 e. The first kappa shape index (κ1) is 11.6. The van der Waals surface area contributed by atoms with Crippen molar-refractivity contribution in [3.63, 3.8) is 0 Å². The van der Waals surface area contributed by atoms with Gasteiger partial charge in [-0.3, -0.25) is 4.79 Å². The van der Waals surface area contributed by atoms with Gasteiger partial charge in [0, 0.05) is 12.7 Å². The van der Waals surface area contributed by atoms with Crippen molar-refractivity contribution < 1.29 is 9.53 Å². The Hall–Kier alpha value is -2.49. The first-order valence-corrected chi connectivity index (χ1v) is 6.11. The number of carbonyl (C=O) groups is 1. The maximum absolute atomic E-state index is 11.2. The van der Waals surface area contributed by atoms with Crippen LogP contribution in [0, 0.1) is 0 Å². The van der Waals surface area contributed by atoms with Gasteiger partial charge >= 0.3 is 0 Å². The van der Waals surface area contributed by atoms with Crippen molar-refractivity contribution in [1.82, 2.24) is 0 Å². The van der Waals surface area contributed by atoms with Crippen LogP contribution in [-0.2, 0) is 4.79 Å². The molecule has 1 amide bonds. The number of hydrogen-bond acceptors (Lipinski definition) is 3. The smallest absolute Gasteiger partial charge is 0.262 e. The molecule has 19 heavy (non-hydrogen) atoms. The van der Waals surface area contributed by atoms with Crippen LogP contribution in [0.15, 0.2) is 42.5 Å². The molecule has 0 fully saturated rings. The van der Waals surface area contributed by atoms with Gasteiger partial charge in [-0.05, 0) is 35.4 Å². The molecule has 0 atom stereocenters. The Balaban J connectivity index is 1.95. The quantitative estimate of drug-likeness (QED) is 0.866.